The van der Waals surface area contributed by atoms with Crippen molar-refractivity contribution in [1.29, 1.82) is 0 Å². The fourth-order valence-corrected chi connectivity index (χ4v) is 3.03. The lowest BCUT2D eigenvalue weighted by Gasteiger charge is -2.13. The Morgan fingerprint density at radius 2 is 2.29 bits per heavy atom. The molecule has 2 heteroatoms. The average Bonchev–Trinajstić information content (AvgIpc) is 2.74. The third-order valence-corrected chi connectivity index (χ3v) is 4.10. The zero-order chi connectivity index (χ0) is 12.1. The summed E-state index contributed by atoms with van der Waals surface area (Å²) in [7, 11) is 0. The van der Waals surface area contributed by atoms with Crippen molar-refractivity contribution < 1.29 is 0 Å². The number of benzene rings is 1. The highest BCUT2D eigenvalue weighted by Gasteiger charge is 2.22. The Morgan fingerprint density at radius 1 is 1.41 bits per heavy atom. The van der Waals surface area contributed by atoms with Gasteiger partial charge in [-0.3, -0.25) is 0 Å². The van der Waals surface area contributed by atoms with Crippen LogP contribution in [0.5, 0.6) is 0 Å². The van der Waals surface area contributed by atoms with Gasteiger partial charge >= 0.3 is 0 Å². The van der Waals surface area contributed by atoms with E-state index in [4.69, 9.17) is 6.42 Å². The van der Waals surface area contributed by atoms with Gasteiger partial charge < -0.3 is 5.32 Å². The summed E-state index contributed by atoms with van der Waals surface area (Å²) in [6, 6.07) is 7.04. The van der Waals surface area contributed by atoms with Crippen molar-refractivity contribution in [1.82, 2.24) is 5.32 Å². The van der Waals surface area contributed by atoms with Crippen molar-refractivity contribution in [3.63, 3.8) is 0 Å². The van der Waals surface area contributed by atoms with Gasteiger partial charge in [0.1, 0.15) is 0 Å². The van der Waals surface area contributed by atoms with E-state index in [0.717, 1.165) is 19.4 Å². The van der Waals surface area contributed by atoms with Gasteiger partial charge in [-0.25, -0.2) is 0 Å². The minimum absolute atomic E-state index is 0.535. The molecule has 1 N–H and O–H groups in total. The SMILES string of the molecule is C#CCCCCNC1CCc2c(Br)cccc21. The van der Waals surface area contributed by atoms with Gasteiger partial charge in [-0.1, -0.05) is 28.1 Å². The molecule has 0 saturated heterocycles. The van der Waals surface area contributed by atoms with Crippen LogP contribution in [0.15, 0.2) is 22.7 Å². The lowest BCUT2D eigenvalue weighted by Crippen LogP contribution is -2.20. The molecular weight excluding hydrogens is 274 g/mol. The number of halogens is 1. The smallest absolute Gasteiger partial charge is 0.0326 e. The van der Waals surface area contributed by atoms with Gasteiger partial charge in [-0.05, 0) is 49.4 Å². The first-order valence-corrected chi connectivity index (χ1v) is 7.06. The van der Waals surface area contributed by atoms with E-state index in [1.807, 2.05) is 0 Å². The molecular formula is C15H18BrN. The van der Waals surface area contributed by atoms with Gasteiger partial charge in [-0.15, -0.1) is 12.3 Å². The maximum Gasteiger partial charge on any atom is 0.0326 e. The van der Waals surface area contributed by atoms with Crippen molar-refractivity contribution in [3.8, 4) is 12.3 Å². The van der Waals surface area contributed by atoms with E-state index in [1.54, 1.807) is 0 Å². The lowest BCUT2D eigenvalue weighted by molar-refractivity contribution is 0.514. The normalized spacial score (nSPS) is 17.8. The zero-order valence-electron chi connectivity index (χ0n) is 10.0. The van der Waals surface area contributed by atoms with Gasteiger partial charge in [0, 0.05) is 16.9 Å². The number of rotatable bonds is 5. The third kappa shape index (κ3) is 3.12. The van der Waals surface area contributed by atoms with Gasteiger partial charge in [0.25, 0.3) is 0 Å². The van der Waals surface area contributed by atoms with Crippen LogP contribution in [0.4, 0.5) is 0 Å². The van der Waals surface area contributed by atoms with E-state index in [0.29, 0.717) is 6.04 Å². The fourth-order valence-electron chi connectivity index (χ4n) is 2.45. The van der Waals surface area contributed by atoms with Crippen molar-refractivity contribution in [2.75, 3.05) is 6.54 Å². The van der Waals surface area contributed by atoms with Gasteiger partial charge in [0.15, 0.2) is 0 Å². The quantitative estimate of drug-likeness (QED) is 0.642. The summed E-state index contributed by atoms with van der Waals surface area (Å²) in [5, 5.41) is 3.63. The van der Waals surface area contributed by atoms with Gasteiger partial charge in [0.2, 0.25) is 0 Å². The number of terminal acetylenes is 1. The molecule has 0 aliphatic heterocycles. The molecule has 1 aliphatic carbocycles. The zero-order valence-corrected chi connectivity index (χ0v) is 11.6. The predicted octanol–water partition coefficient (Wildman–Crippen LogP) is 3.83. The second-order valence-corrected chi connectivity index (χ2v) is 5.37. The molecule has 1 nitrogen and oxygen atoms in total. The summed E-state index contributed by atoms with van der Waals surface area (Å²) in [5.41, 5.74) is 2.95. The monoisotopic (exact) mass is 291 g/mol. The number of hydrogen-bond acceptors (Lipinski definition) is 1. The van der Waals surface area contributed by atoms with E-state index in [2.05, 4.69) is 45.4 Å². The molecule has 1 aromatic carbocycles. The predicted molar refractivity (Wildman–Crippen MR) is 75.9 cm³/mol. The van der Waals surface area contributed by atoms with Crippen LogP contribution in [0.2, 0.25) is 0 Å². The van der Waals surface area contributed by atoms with Crippen LogP contribution in [-0.4, -0.2) is 6.54 Å². The van der Waals surface area contributed by atoms with E-state index in [9.17, 15) is 0 Å². The highest BCUT2D eigenvalue weighted by Crippen LogP contribution is 2.35. The van der Waals surface area contributed by atoms with E-state index in [-0.39, 0.29) is 0 Å². The van der Waals surface area contributed by atoms with E-state index < -0.39 is 0 Å². The van der Waals surface area contributed by atoms with Crippen LogP contribution in [-0.2, 0) is 6.42 Å². The molecule has 0 heterocycles. The molecule has 0 saturated carbocycles. The Bertz CT molecular complexity index is 419. The second kappa shape index (κ2) is 6.23. The summed E-state index contributed by atoms with van der Waals surface area (Å²) in [6.45, 7) is 1.07. The maximum absolute atomic E-state index is 5.24. The number of fused-ring (bicyclic) bond motifs is 1. The molecule has 0 aromatic heterocycles. The molecule has 1 aliphatic rings. The molecule has 17 heavy (non-hydrogen) atoms. The maximum atomic E-state index is 5.24. The van der Waals surface area contributed by atoms with Crippen LogP contribution in [0.1, 0.15) is 42.9 Å². The summed E-state index contributed by atoms with van der Waals surface area (Å²) in [5.74, 6) is 2.69. The summed E-state index contributed by atoms with van der Waals surface area (Å²) < 4.78 is 1.26. The van der Waals surface area contributed by atoms with Gasteiger partial charge in [-0.2, -0.15) is 0 Å². The molecule has 1 unspecified atom stereocenters. The van der Waals surface area contributed by atoms with Crippen LogP contribution in [0.25, 0.3) is 0 Å². The fraction of sp³-hybridized carbons (Fsp3) is 0.467. The van der Waals surface area contributed by atoms with Crippen LogP contribution >= 0.6 is 15.9 Å². The third-order valence-electron chi connectivity index (χ3n) is 3.35. The summed E-state index contributed by atoms with van der Waals surface area (Å²) >= 11 is 3.63. The summed E-state index contributed by atoms with van der Waals surface area (Å²) in [4.78, 5) is 0. The largest absolute Gasteiger partial charge is 0.310 e. The first-order valence-electron chi connectivity index (χ1n) is 6.27. The molecule has 1 aromatic rings. The topological polar surface area (TPSA) is 12.0 Å². The first-order chi connectivity index (χ1) is 8.33. The Hall–Kier alpha value is -0.780. The molecule has 0 amide bonds. The Morgan fingerprint density at radius 3 is 3.12 bits per heavy atom. The summed E-state index contributed by atoms with van der Waals surface area (Å²) in [6.07, 6.45) is 10.8. The van der Waals surface area contributed by atoms with Crippen LogP contribution in [0, 0.1) is 12.3 Å². The van der Waals surface area contributed by atoms with Crippen LogP contribution in [0.3, 0.4) is 0 Å². The van der Waals surface area contributed by atoms with E-state index in [1.165, 1.54) is 34.9 Å². The molecule has 2 rings (SSSR count). The molecule has 0 radical (unpaired) electrons. The minimum atomic E-state index is 0.535. The second-order valence-electron chi connectivity index (χ2n) is 4.51. The van der Waals surface area contributed by atoms with Crippen molar-refractivity contribution >= 4 is 15.9 Å². The average molecular weight is 292 g/mol. The van der Waals surface area contributed by atoms with Crippen LogP contribution < -0.4 is 5.32 Å². The Balaban J connectivity index is 1.86. The van der Waals surface area contributed by atoms with E-state index >= 15 is 0 Å². The molecule has 1 atom stereocenters. The first kappa shape index (κ1) is 12.7. The molecule has 0 bridgehead atoms. The molecule has 0 fully saturated rings. The van der Waals surface area contributed by atoms with Gasteiger partial charge in [0.05, 0.1) is 0 Å². The lowest BCUT2D eigenvalue weighted by atomic mass is 10.1. The highest BCUT2D eigenvalue weighted by molar-refractivity contribution is 9.10. The molecule has 90 valence electrons. The Kier molecular flexibility index (Phi) is 4.65. The van der Waals surface area contributed by atoms with Crippen molar-refractivity contribution in [3.05, 3.63) is 33.8 Å². The standard InChI is InChI=1S/C15H18BrN/c1-2-3-4-5-11-17-15-10-9-12-13(15)7-6-8-14(12)16/h1,6-8,15,17H,3-5,9-11H2. The van der Waals surface area contributed by atoms with Crippen molar-refractivity contribution in [2.24, 2.45) is 0 Å². The highest BCUT2D eigenvalue weighted by atomic mass is 79.9. The molecule has 0 spiro atoms. The number of hydrogen-bond donors (Lipinski definition) is 1. The Labute approximate surface area is 112 Å². The minimum Gasteiger partial charge on any atom is -0.310 e. The van der Waals surface area contributed by atoms with Crippen molar-refractivity contribution in [2.45, 2.75) is 38.1 Å². The number of unbranched alkanes of at least 4 members (excludes halogenated alkanes) is 2. The number of nitrogens with one attached hydrogen (secondary N) is 1.